The molecule has 1 aliphatic heterocycles. The zero-order valence-electron chi connectivity index (χ0n) is 18.4. The molecular weight excluding hydrogens is 382 g/mol. The quantitative estimate of drug-likeness (QED) is 0.610. The van der Waals surface area contributed by atoms with Gasteiger partial charge in [0, 0.05) is 25.3 Å². The number of benzene rings is 2. The zero-order chi connectivity index (χ0) is 21.7. The summed E-state index contributed by atoms with van der Waals surface area (Å²) in [6, 6.07) is 25.1. The minimum atomic E-state index is -0.441. The topological polar surface area (TPSA) is 45.2 Å². The van der Waals surface area contributed by atoms with Gasteiger partial charge in [-0.15, -0.1) is 0 Å². The first-order chi connectivity index (χ1) is 15.1. The van der Waals surface area contributed by atoms with Crippen molar-refractivity contribution in [1.82, 2.24) is 15.2 Å². The van der Waals surface area contributed by atoms with Crippen LogP contribution in [0.25, 0.3) is 11.1 Å². The van der Waals surface area contributed by atoms with Crippen molar-refractivity contribution in [3.05, 3.63) is 90.3 Å². The molecule has 0 bridgehead atoms. The number of rotatable bonds is 7. The van der Waals surface area contributed by atoms with Crippen LogP contribution in [0.2, 0.25) is 0 Å². The normalized spacial score (nSPS) is 18.9. The lowest BCUT2D eigenvalue weighted by Gasteiger charge is -2.30. The van der Waals surface area contributed by atoms with Gasteiger partial charge in [0.25, 0.3) is 0 Å². The van der Waals surface area contributed by atoms with Gasteiger partial charge in [0.2, 0.25) is 5.91 Å². The molecule has 2 aromatic carbocycles. The van der Waals surface area contributed by atoms with Crippen LogP contribution in [0.4, 0.5) is 0 Å². The van der Waals surface area contributed by atoms with E-state index in [-0.39, 0.29) is 11.9 Å². The summed E-state index contributed by atoms with van der Waals surface area (Å²) in [6.45, 7) is 6.48. The monoisotopic (exact) mass is 413 g/mol. The highest BCUT2D eigenvalue weighted by Crippen LogP contribution is 2.38. The van der Waals surface area contributed by atoms with Gasteiger partial charge in [-0.1, -0.05) is 60.7 Å². The average molecular weight is 414 g/mol. The number of nitrogens with one attached hydrogen (secondary N) is 1. The number of aromatic nitrogens is 1. The van der Waals surface area contributed by atoms with E-state index in [2.05, 4.69) is 69.8 Å². The van der Waals surface area contributed by atoms with Crippen LogP contribution in [-0.4, -0.2) is 34.9 Å². The molecule has 1 atom stereocenters. The first-order valence-corrected chi connectivity index (χ1v) is 11.1. The van der Waals surface area contributed by atoms with Crippen molar-refractivity contribution >= 4 is 5.91 Å². The molecule has 160 valence electrons. The maximum atomic E-state index is 13.5. The molecule has 0 spiro atoms. The summed E-state index contributed by atoms with van der Waals surface area (Å²) in [6.07, 6.45) is 3.41. The van der Waals surface area contributed by atoms with Crippen LogP contribution in [0.3, 0.4) is 0 Å². The Labute approximate surface area is 185 Å². The molecule has 1 aliphatic rings. The molecule has 0 radical (unpaired) electrons. The molecule has 1 fully saturated rings. The third-order valence-corrected chi connectivity index (χ3v) is 6.08. The molecule has 2 heterocycles. The third-order valence-electron chi connectivity index (χ3n) is 6.08. The zero-order valence-corrected chi connectivity index (χ0v) is 18.4. The van der Waals surface area contributed by atoms with Crippen molar-refractivity contribution in [3.8, 4) is 11.1 Å². The summed E-state index contributed by atoms with van der Waals surface area (Å²) in [7, 11) is 0. The SMILES string of the molecule is CC(C)NC(=O)C1(Cc2ccccc2-c2ccccc2)CCN(Cc2ccccn2)C1. The van der Waals surface area contributed by atoms with Crippen LogP contribution in [0, 0.1) is 5.41 Å². The molecule has 1 N–H and O–H groups in total. The smallest absolute Gasteiger partial charge is 0.228 e. The standard InChI is InChI=1S/C27H31N3O/c1-21(2)29-26(31)27(15-17-30(20-27)19-24-13-8-9-16-28-24)18-23-12-6-7-14-25(23)22-10-4-3-5-11-22/h3-14,16,21H,15,17-20H2,1-2H3,(H,29,31). The number of hydrogen-bond donors (Lipinski definition) is 1. The average Bonchev–Trinajstić information content (AvgIpc) is 3.19. The molecule has 4 rings (SSSR count). The first kappa shape index (κ1) is 21.3. The number of nitrogens with zero attached hydrogens (tertiary/aromatic N) is 2. The van der Waals surface area contributed by atoms with Crippen molar-refractivity contribution in [3.63, 3.8) is 0 Å². The lowest BCUT2D eigenvalue weighted by atomic mass is 9.78. The van der Waals surface area contributed by atoms with Gasteiger partial charge in [-0.05, 0) is 62.1 Å². The van der Waals surface area contributed by atoms with Crippen LogP contribution in [0.15, 0.2) is 79.0 Å². The molecule has 1 unspecified atom stereocenters. The minimum Gasteiger partial charge on any atom is -0.353 e. The van der Waals surface area contributed by atoms with Crippen molar-refractivity contribution in [1.29, 1.82) is 0 Å². The van der Waals surface area contributed by atoms with Gasteiger partial charge in [0.15, 0.2) is 0 Å². The summed E-state index contributed by atoms with van der Waals surface area (Å²) >= 11 is 0. The highest BCUT2D eigenvalue weighted by atomic mass is 16.2. The molecule has 0 saturated carbocycles. The molecule has 1 amide bonds. The Balaban J connectivity index is 1.62. The van der Waals surface area contributed by atoms with Gasteiger partial charge >= 0.3 is 0 Å². The summed E-state index contributed by atoms with van der Waals surface area (Å²) in [5, 5.41) is 3.21. The number of amides is 1. The van der Waals surface area contributed by atoms with Crippen molar-refractivity contribution in [2.45, 2.75) is 39.3 Å². The fourth-order valence-electron chi connectivity index (χ4n) is 4.58. The predicted molar refractivity (Wildman–Crippen MR) is 125 cm³/mol. The molecule has 4 nitrogen and oxygen atoms in total. The van der Waals surface area contributed by atoms with Gasteiger partial charge in [0.05, 0.1) is 11.1 Å². The van der Waals surface area contributed by atoms with Crippen LogP contribution in [-0.2, 0) is 17.8 Å². The first-order valence-electron chi connectivity index (χ1n) is 11.1. The fourth-order valence-corrected chi connectivity index (χ4v) is 4.58. The Morgan fingerprint density at radius 1 is 1.03 bits per heavy atom. The van der Waals surface area contributed by atoms with Gasteiger partial charge in [-0.25, -0.2) is 0 Å². The summed E-state index contributed by atoms with van der Waals surface area (Å²) in [5.74, 6) is 0.161. The van der Waals surface area contributed by atoms with E-state index >= 15 is 0 Å². The Kier molecular flexibility index (Phi) is 6.47. The largest absolute Gasteiger partial charge is 0.353 e. The number of carbonyl (C=O) groups is 1. The molecule has 1 aromatic heterocycles. The number of pyridine rings is 1. The summed E-state index contributed by atoms with van der Waals surface area (Å²) in [5.41, 5.74) is 4.24. The van der Waals surface area contributed by atoms with Crippen LogP contribution in [0.1, 0.15) is 31.5 Å². The fraction of sp³-hybridized carbons (Fsp3) is 0.333. The van der Waals surface area contributed by atoms with Crippen molar-refractivity contribution in [2.24, 2.45) is 5.41 Å². The molecule has 1 saturated heterocycles. The summed E-state index contributed by atoms with van der Waals surface area (Å²) in [4.78, 5) is 20.3. The molecule has 3 aromatic rings. The Bertz CT molecular complexity index is 1000. The second-order valence-electron chi connectivity index (χ2n) is 8.89. The van der Waals surface area contributed by atoms with E-state index in [4.69, 9.17) is 0 Å². The van der Waals surface area contributed by atoms with Crippen LogP contribution >= 0.6 is 0 Å². The van der Waals surface area contributed by atoms with Gasteiger partial charge in [-0.2, -0.15) is 0 Å². The van der Waals surface area contributed by atoms with E-state index in [0.717, 1.165) is 38.2 Å². The van der Waals surface area contributed by atoms with E-state index in [9.17, 15) is 4.79 Å². The maximum Gasteiger partial charge on any atom is 0.228 e. The minimum absolute atomic E-state index is 0.124. The van der Waals surface area contributed by atoms with Crippen LogP contribution < -0.4 is 5.32 Å². The molecule has 0 aliphatic carbocycles. The number of hydrogen-bond acceptors (Lipinski definition) is 3. The predicted octanol–water partition coefficient (Wildman–Crippen LogP) is 4.71. The molecular formula is C27H31N3O. The number of carbonyl (C=O) groups excluding carboxylic acids is 1. The van der Waals surface area contributed by atoms with Gasteiger partial charge in [0.1, 0.15) is 0 Å². The van der Waals surface area contributed by atoms with E-state index in [1.54, 1.807) is 0 Å². The van der Waals surface area contributed by atoms with Gasteiger partial charge < -0.3 is 5.32 Å². The van der Waals surface area contributed by atoms with Crippen molar-refractivity contribution in [2.75, 3.05) is 13.1 Å². The van der Waals surface area contributed by atoms with Gasteiger partial charge in [-0.3, -0.25) is 14.7 Å². The highest BCUT2D eigenvalue weighted by molar-refractivity contribution is 5.84. The van der Waals surface area contributed by atoms with E-state index in [1.165, 1.54) is 16.7 Å². The van der Waals surface area contributed by atoms with Crippen molar-refractivity contribution < 1.29 is 4.79 Å². The lowest BCUT2D eigenvalue weighted by Crippen LogP contribution is -2.46. The third kappa shape index (κ3) is 5.02. The summed E-state index contributed by atoms with van der Waals surface area (Å²) < 4.78 is 0. The maximum absolute atomic E-state index is 13.5. The second kappa shape index (κ2) is 9.44. The van der Waals surface area contributed by atoms with E-state index < -0.39 is 5.41 Å². The highest BCUT2D eigenvalue weighted by Gasteiger charge is 2.45. The Hall–Kier alpha value is -2.98. The van der Waals surface area contributed by atoms with Crippen LogP contribution in [0.5, 0.6) is 0 Å². The van der Waals surface area contributed by atoms with E-state index in [0.29, 0.717) is 0 Å². The Morgan fingerprint density at radius 2 is 1.77 bits per heavy atom. The Morgan fingerprint density at radius 3 is 2.52 bits per heavy atom. The lowest BCUT2D eigenvalue weighted by molar-refractivity contribution is -0.131. The number of likely N-dealkylation sites (tertiary alicyclic amines) is 1. The molecule has 4 heteroatoms. The molecule has 31 heavy (non-hydrogen) atoms. The van der Waals surface area contributed by atoms with E-state index in [1.807, 2.05) is 38.2 Å². The second-order valence-corrected chi connectivity index (χ2v) is 8.89.